The molecule has 4 N–H and O–H groups in total. The van der Waals surface area contributed by atoms with Gasteiger partial charge in [0.1, 0.15) is 5.75 Å². The van der Waals surface area contributed by atoms with Crippen molar-refractivity contribution in [2.45, 2.75) is 19.9 Å². The average Bonchev–Trinajstić information content (AvgIpc) is 2.22. The lowest BCUT2D eigenvalue weighted by molar-refractivity contribution is 0.464. The SMILES string of the molecule is C=C(C)Cc1ccc(O)c(CNCCN)c1. The van der Waals surface area contributed by atoms with Gasteiger partial charge in [0, 0.05) is 25.2 Å². The largest absolute Gasteiger partial charge is 0.508 e. The van der Waals surface area contributed by atoms with Crippen molar-refractivity contribution < 1.29 is 5.11 Å². The molecule has 1 rings (SSSR count). The van der Waals surface area contributed by atoms with Gasteiger partial charge in [0.15, 0.2) is 0 Å². The van der Waals surface area contributed by atoms with Gasteiger partial charge < -0.3 is 16.2 Å². The number of phenols is 1. The van der Waals surface area contributed by atoms with E-state index in [0.29, 0.717) is 18.8 Å². The van der Waals surface area contributed by atoms with Crippen LogP contribution in [-0.2, 0) is 13.0 Å². The van der Waals surface area contributed by atoms with Gasteiger partial charge in [0.25, 0.3) is 0 Å². The smallest absolute Gasteiger partial charge is 0.120 e. The van der Waals surface area contributed by atoms with E-state index < -0.39 is 0 Å². The maximum atomic E-state index is 9.67. The van der Waals surface area contributed by atoms with Crippen molar-refractivity contribution in [3.05, 3.63) is 41.5 Å². The average molecular weight is 220 g/mol. The van der Waals surface area contributed by atoms with Gasteiger partial charge >= 0.3 is 0 Å². The molecular weight excluding hydrogens is 200 g/mol. The Morgan fingerprint density at radius 1 is 1.50 bits per heavy atom. The Labute approximate surface area is 97.0 Å². The molecule has 0 amide bonds. The highest BCUT2D eigenvalue weighted by atomic mass is 16.3. The van der Waals surface area contributed by atoms with Gasteiger partial charge in [-0.2, -0.15) is 0 Å². The van der Waals surface area contributed by atoms with Gasteiger partial charge in [-0.05, 0) is 25.0 Å². The summed E-state index contributed by atoms with van der Waals surface area (Å²) in [5.41, 5.74) is 8.59. The Kier molecular flexibility index (Phi) is 5.02. The van der Waals surface area contributed by atoms with Gasteiger partial charge in [0.2, 0.25) is 0 Å². The molecule has 0 radical (unpaired) electrons. The lowest BCUT2D eigenvalue weighted by Crippen LogP contribution is -2.21. The van der Waals surface area contributed by atoms with E-state index in [-0.39, 0.29) is 0 Å². The number of hydrogen-bond acceptors (Lipinski definition) is 3. The minimum absolute atomic E-state index is 0.329. The second kappa shape index (κ2) is 6.30. The zero-order valence-corrected chi connectivity index (χ0v) is 9.79. The fourth-order valence-corrected chi connectivity index (χ4v) is 1.56. The van der Waals surface area contributed by atoms with Crippen molar-refractivity contribution in [1.82, 2.24) is 5.32 Å². The fourth-order valence-electron chi connectivity index (χ4n) is 1.56. The zero-order valence-electron chi connectivity index (χ0n) is 9.79. The van der Waals surface area contributed by atoms with Crippen molar-refractivity contribution in [2.24, 2.45) is 5.73 Å². The van der Waals surface area contributed by atoms with Crippen LogP contribution in [0.4, 0.5) is 0 Å². The van der Waals surface area contributed by atoms with Gasteiger partial charge in [-0.15, -0.1) is 0 Å². The minimum atomic E-state index is 0.329. The maximum absolute atomic E-state index is 9.67. The Morgan fingerprint density at radius 2 is 2.25 bits per heavy atom. The van der Waals surface area contributed by atoms with Crippen molar-refractivity contribution >= 4 is 0 Å². The third kappa shape index (κ3) is 4.04. The summed E-state index contributed by atoms with van der Waals surface area (Å²) in [5, 5.41) is 12.8. The molecule has 88 valence electrons. The van der Waals surface area contributed by atoms with Crippen LogP contribution in [0.5, 0.6) is 5.75 Å². The van der Waals surface area contributed by atoms with Crippen LogP contribution in [-0.4, -0.2) is 18.2 Å². The van der Waals surface area contributed by atoms with E-state index in [4.69, 9.17) is 5.73 Å². The molecule has 0 atom stereocenters. The first-order valence-electron chi connectivity index (χ1n) is 5.49. The predicted octanol–water partition coefficient (Wildman–Crippen LogP) is 1.56. The molecule has 1 aromatic carbocycles. The van der Waals surface area contributed by atoms with Gasteiger partial charge in [-0.3, -0.25) is 0 Å². The number of hydrogen-bond donors (Lipinski definition) is 3. The van der Waals surface area contributed by atoms with Crippen LogP contribution < -0.4 is 11.1 Å². The second-order valence-electron chi connectivity index (χ2n) is 4.06. The Morgan fingerprint density at radius 3 is 2.88 bits per heavy atom. The molecule has 0 saturated heterocycles. The molecule has 0 heterocycles. The first-order chi connectivity index (χ1) is 7.63. The summed E-state index contributed by atoms with van der Waals surface area (Å²) in [7, 11) is 0. The molecule has 0 saturated carbocycles. The predicted molar refractivity (Wildman–Crippen MR) is 67.4 cm³/mol. The highest BCUT2D eigenvalue weighted by Crippen LogP contribution is 2.19. The lowest BCUT2D eigenvalue weighted by atomic mass is 10.0. The number of allylic oxidation sites excluding steroid dienone is 1. The molecule has 0 spiro atoms. The fraction of sp³-hybridized carbons (Fsp3) is 0.385. The maximum Gasteiger partial charge on any atom is 0.120 e. The van der Waals surface area contributed by atoms with Gasteiger partial charge in [-0.25, -0.2) is 0 Å². The highest BCUT2D eigenvalue weighted by molar-refractivity contribution is 5.37. The van der Waals surface area contributed by atoms with E-state index in [1.807, 2.05) is 19.1 Å². The van der Waals surface area contributed by atoms with E-state index >= 15 is 0 Å². The molecule has 0 fully saturated rings. The summed E-state index contributed by atoms with van der Waals surface area (Å²) in [4.78, 5) is 0. The normalized spacial score (nSPS) is 10.4. The molecule has 0 aliphatic carbocycles. The minimum Gasteiger partial charge on any atom is -0.508 e. The summed E-state index contributed by atoms with van der Waals surface area (Å²) in [6.07, 6.45) is 0.851. The first kappa shape index (κ1) is 12.7. The second-order valence-corrected chi connectivity index (χ2v) is 4.06. The van der Waals surface area contributed by atoms with Crippen molar-refractivity contribution in [3.8, 4) is 5.75 Å². The van der Waals surface area contributed by atoms with Crippen LogP contribution in [0.3, 0.4) is 0 Å². The Bertz CT molecular complexity index is 361. The monoisotopic (exact) mass is 220 g/mol. The molecule has 3 nitrogen and oxygen atoms in total. The lowest BCUT2D eigenvalue weighted by Gasteiger charge is -2.08. The molecule has 0 aliphatic rings. The van der Waals surface area contributed by atoms with Crippen molar-refractivity contribution in [3.63, 3.8) is 0 Å². The van der Waals surface area contributed by atoms with Gasteiger partial charge in [-0.1, -0.05) is 24.3 Å². The van der Waals surface area contributed by atoms with Crippen LogP contribution in [0, 0.1) is 0 Å². The van der Waals surface area contributed by atoms with Gasteiger partial charge in [0.05, 0.1) is 0 Å². The number of nitrogens with two attached hydrogens (primary N) is 1. The summed E-state index contributed by atoms with van der Waals surface area (Å²) < 4.78 is 0. The topological polar surface area (TPSA) is 58.3 Å². The van der Waals surface area contributed by atoms with E-state index in [0.717, 1.165) is 24.1 Å². The summed E-state index contributed by atoms with van der Waals surface area (Å²) in [6.45, 7) is 7.89. The summed E-state index contributed by atoms with van der Waals surface area (Å²) >= 11 is 0. The van der Waals surface area contributed by atoms with Crippen LogP contribution >= 0.6 is 0 Å². The molecule has 16 heavy (non-hydrogen) atoms. The molecule has 0 aromatic heterocycles. The molecular formula is C13H20N2O. The van der Waals surface area contributed by atoms with Crippen LogP contribution in [0.1, 0.15) is 18.1 Å². The summed E-state index contributed by atoms with van der Waals surface area (Å²) in [6, 6.07) is 5.67. The van der Waals surface area contributed by atoms with Crippen LogP contribution in [0.25, 0.3) is 0 Å². The quantitative estimate of drug-likeness (QED) is 0.503. The van der Waals surface area contributed by atoms with Crippen LogP contribution in [0.15, 0.2) is 30.4 Å². The standard InChI is InChI=1S/C13H20N2O/c1-10(2)7-11-3-4-13(16)12(8-11)9-15-6-5-14/h3-4,8,15-16H,1,5-7,9,14H2,2H3. The number of phenolic OH excluding ortho intramolecular Hbond substituents is 1. The van der Waals surface area contributed by atoms with Crippen LogP contribution in [0.2, 0.25) is 0 Å². The molecule has 0 bridgehead atoms. The van der Waals surface area contributed by atoms with E-state index in [1.165, 1.54) is 5.56 Å². The van der Waals surface area contributed by atoms with Crippen molar-refractivity contribution in [1.29, 1.82) is 0 Å². The number of aromatic hydroxyl groups is 1. The highest BCUT2D eigenvalue weighted by Gasteiger charge is 2.02. The Balaban J connectivity index is 2.70. The van der Waals surface area contributed by atoms with Crippen molar-refractivity contribution in [2.75, 3.05) is 13.1 Å². The first-order valence-corrected chi connectivity index (χ1v) is 5.49. The van der Waals surface area contributed by atoms with E-state index in [1.54, 1.807) is 6.07 Å². The zero-order chi connectivity index (χ0) is 12.0. The summed E-state index contributed by atoms with van der Waals surface area (Å²) in [5.74, 6) is 0.329. The Hall–Kier alpha value is -1.32. The number of rotatable bonds is 6. The number of nitrogens with one attached hydrogen (secondary N) is 1. The van der Waals surface area contributed by atoms with E-state index in [9.17, 15) is 5.11 Å². The molecule has 0 unspecified atom stereocenters. The van der Waals surface area contributed by atoms with E-state index in [2.05, 4.69) is 11.9 Å². The molecule has 3 heteroatoms. The molecule has 0 aliphatic heterocycles. The third-order valence-corrected chi connectivity index (χ3v) is 2.29. The third-order valence-electron chi connectivity index (χ3n) is 2.29. The number of benzene rings is 1. The molecule has 1 aromatic rings.